The van der Waals surface area contributed by atoms with Crippen molar-refractivity contribution in [2.45, 2.75) is 6.92 Å². The third kappa shape index (κ3) is 1.67. The number of Topliss-reactive ketones (excluding diaryl/α,β-unsaturated/α-hetero) is 1. The summed E-state index contributed by atoms with van der Waals surface area (Å²) >= 11 is 0. The van der Waals surface area contributed by atoms with Crippen LogP contribution in [0.4, 0.5) is 5.69 Å². The molecule has 0 aliphatic rings. The number of carbonyl (C=O) groups excluding carboxylic acids is 1. The summed E-state index contributed by atoms with van der Waals surface area (Å²) in [6.07, 6.45) is 0. The molecule has 1 aromatic carbocycles. The Balaban J connectivity index is 3.49. The second kappa shape index (κ2) is 3.79. The number of rotatable bonds is 2. The largest absolute Gasteiger partial charge is 0.495 e. The van der Waals surface area contributed by atoms with Gasteiger partial charge >= 0.3 is 0 Å². The monoisotopic (exact) mass is 190 g/mol. The quantitative estimate of drug-likeness (QED) is 0.564. The van der Waals surface area contributed by atoms with Crippen molar-refractivity contribution >= 4 is 11.5 Å². The van der Waals surface area contributed by atoms with Gasteiger partial charge in [0.15, 0.2) is 5.78 Å². The van der Waals surface area contributed by atoms with Gasteiger partial charge in [0.2, 0.25) is 0 Å². The highest BCUT2D eigenvalue weighted by Crippen LogP contribution is 2.26. The van der Waals surface area contributed by atoms with E-state index in [1.165, 1.54) is 26.2 Å². The lowest BCUT2D eigenvalue weighted by Gasteiger charge is -2.08. The van der Waals surface area contributed by atoms with E-state index in [4.69, 9.17) is 15.7 Å². The molecule has 1 aromatic rings. The maximum absolute atomic E-state index is 11.2. The second-order valence-corrected chi connectivity index (χ2v) is 2.82. The Morgan fingerprint density at radius 2 is 2.21 bits per heavy atom. The fraction of sp³-hybridized carbons (Fsp3) is 0.200. The molecule has 0 atom stereocenters. The molecule has 4 nitrogen and oxygen atoms in total. The maximum Gasteiger partial charge on any atom is 0.163 e. The van der Waals surface area contributed by atoms with E-state index in [0.29, 0.717) is 11.3 Å². The first-order valence-electron chi connectivity index (χ1n) is 3.98. The molecule has 0 saturated heterocycles. The number of nitrogens with two attached hydrogens (primary N) is 1. The summed E-state index contributed by atoms with van der Waals surface area (Å²) in [7, 11) is 1.42. The van der Waals surface area contributed by atoms with Crippen molar-refractivity contribution in [1.82, 2.24) is 0 Å². The van der Waals surface area contributed by atoms with E-state index in [-0.39, 0.29) is 17.1 Å². The van der Waals surface area contributed by atoms with Crippen molar-refractivity contribution in [2.75, 3.05) is 12.8 Å². The van der Waals surface area contributed by atoms with Crippen LogP contribution in [0.3, 0.4) is 0 Å². The van der Waals surface area contributed by atoms with Gasteiger partial charge in [0.25, 0.3) is 0 Å². The van der Waals surface area contributed by atoms with E-state index in [9.17, 15) is 4.79 Å². The molecule has 72 valence electrons. The number of nitrogens with zero attached hydrogens (tertiary/aromatic N) is 1. The van der Waals surface area contributed by atoms with Crippen LogP contribution >= 0.6 is 0 Å². The molecule has 0 aromatic heterocycles. The number of carbonyl (C=O) groups is 1. The van der Waals surface area contributed by atoms with Crippen LogP contribution in [0, 0.1) is 11.3 Å². The van der Waals surface area contributed by atoms with E-state index in [1.807, 2.05) is 6.07 Å². The van der Waals surface area contributed by atoms with Crippen LogP contribution in [0.2, 0.25) is 0 Å². The number of anilines is 1. The molecule has 14 heavy (non-hydrogen) atoms. The Morgan fingerprint density at radius 1 is 1.57 bits per heavy atom. The normalized spacial score (nSPS) is 9.21. The number of benzene rings is 1. The van der Waals surface area contributed by atoms with Gasteiger partial charge < -0.3 is 10.5 Å². The minimum Gasteiger partial charge on any atom is -0.495 e. The lowest BCUT2D eigenvalue weighted by molar-refractivity contribution is 0.101. The van der Waals surface area contributed by atoms with Gasteiger partial charge in [-0.3, -0.25) is 4.79 Å². The number of hydrogen-bond acceptors (Lipinski definition) is 4. The van der Waals surface area contributed by atoms with Crippen molar-refractivity contribution in [3.8, 4) is 11.8 Å². The van der Waals surface area contributed by atoms with Gasteiger partial charge in [-0.25, -0.2) is 0 Å². The summed E-state index contributed by atoms with van der Waals surface area (Å²) < 4.78 is 4.98. The first kappa shape index (κ1) is 10.1. The average Bonchev–Trinajstić information content (AvgIpc) is 2.16. The molecule has 0 spiro atoms. The summed E-state index contributed by atoms with van der Waals surface area (Å²) in [5.74, 6) is 0.111. The minimum absolute atomic E-state index is 0.175. The van der Waals surface area contributed by atoms with Gasteiger partial charge in [-0.15, -0.1) is 0 Å². The number of nitriles is 1. The summed E-state index contributed by atoms with van der Waals surface area (Å²) in [5, 5.41) is 8.78. The molecular weight excluding hydrogens is 180 g/mol. The SMILES string of the molecule is COc1c(C#N)cc(N)cc1C(C)=O. The van der Waals surface area contributed by atoms with Crippen molar-refractivity contribution in [3.05, 3.63) is 23.3 Å². The maximum atomic E-state index is 11.2. The number of nitrogen functional groups attached to an aromatic ring is 1. The fourth-order valence-electron chi connectivity index (χ4n) is 1.22. The number of ketones is 1. The first-order chi connectivity index (χ1) is 6.60. The molecule has 0 saturated carbocycles. The van der Waals surface area contributed by atoms with E-state index in [1.54, 1.807) is 0 Å². The van der Waals surface area contributed by atoms with Gasteiger partial charge in [0.05, 0.1) is 18.2 Å². The standard InChI is InChI=1S/C10H10N2O2/c1-6(13)9-4-8(12)3-7(5-11)10(9)14-2/h3-4H,12H2,1-2H3. The predicted octanol–water partition coefficient (Wildman–Crippen LogP) is 1.35. The van der Waals surface area contributed by atoms with Crippen LogP contribution in [0.5, 0.6) is 5.75 Å². The second-order valence-electron chi connectivity index (χ2n) is 2.82. The lowest BCUT2D eigenvalue weighted by Crippen LogP contribution is -2.01. The van der Waals surface area contributed by atoms with Crippen LogP contribution in [-0.2, 0) is 0 Å². The highest BCUT2D eigenvalue weighted by Gasteiger charge is 2.13. The van der Waals surface area contributed by atoms with E-state index in [0.717, 1.165) is 0 Å². The van der Waals surface area contributed by atoms with Crippen LogP contribution in [0.15, 0.2) is 12.1 Å². The van der Waals surface area contributed by atoms with Gasteiger partial charge in [-0.2, -0.15) is 5.26 Å². The predicted molar refractivity (Wildman–Crippen MR) is 52.1 cm³/mol. The molecule has 4 heteroatoms. The van der Waals surface area contributed by atoms with Gasteiger partial charge in [0, 0.05) is 5.69 Å². The van der Waals surface area contributed by atoms with Gasteiger partial charge in [-0.1, -0.05) is 0 Å². The molecule has 2 N–H and O–H groups in total. The zero-order valence-electron chi connectivity index (χ0n) is 8.00. The molecule has 0 amide bonds. The van der Waals surface area contributed by atoms with E-state index >= 15 is 0 Å². The smallest absolute Gasteiger partial charge is 0.163 e. The molecule has 0 bridgehead atoms. The van der Waals surface area contributed by atoms with Gasteiger partial charge in [0.1, 0.15) is 11.8 Å². The number of hydrogen-bond donors (Lipinski definition) is 1. The Hall–Kier alpha value is -2.02. The fourth-order valence-corrected chi connectivity index (χ4v) is 1.22. The summed E-state index contributed by atoms with van der Waals surface area (Å²) in [4.78, 5) is 11.2. The molecule has 0 radical (unpaired) electrons. The molecule has 1 rings (SSSR count). The third-order valence-electron chi connectivity index (χ3n) is 1.82. The Labute approximate surface area is 81.9 Å². The summed E-state index contributed by atoms with van der Waals surface area (Å²) in [5.41, 5.74) is 6.53. The Kier molecular flexibility index (Phi) is 2.73. The number of methoxy groups -OCH3 is 1. The first-order valence-corrected chi connectivity index (χ1v) is 3.98. The average molecular weight is 190 g/mol. The topological polar surface area (TPSA) is 76.1 Å². The lowest BCUT2D eigenvalue weighted by atomic mass is 10.1. The van der Waals surface area contributed by atoms with E-state index < -0.39 is 0 Å². The molecule has 0 fully saturated rings. The Bertz CT molecular complexity index is 419. The van der Waals surface area contributed by atoms with Crippen LogP contribution in [0.1, 0.15) is 22.8 Å². The van der Waals surface area contributed by atoms with Crippen molar-refractivity contribution < 1.29 is 9.53 Å². The zero-order valence-corrected chi connectivity index (χ0v) is 8.00. The highest BCUT2D eigenvalue weighted by molar-refractivity contribution is 5.98. The van der Waals surface area contributed by atoms with E-state index in [2.05, 4.69) is 0 Å². The molecule has 0 heterocycles. The van der Waals surface area contributed by atoms with Crippen molar-refractivity contribution in [3.63, 3.8) is 0 Å². The highest BCUT2D eigenvalue weighted by atomic mass is 16.5. The molecule has 0 aliphatic heterocycles. The van der Waals surface area contributed by atoms with Crippen molar-refractivity contribution in [1.29, 1.82) is 5.26 Å². The third-order valence-corrected chi connectivity index (χ3v) is 1.82. The van der Waals surface area contributed by atoms with Crippen LogP contribution in [0.25, 0.3) is 0 Å². The summed E-state index contributed by atoms with van der Waals surface area (Å²) in [6, 6.07) is 4.90. The van der Waals surface area contributed by atoms with Crippen LogP contribution < -0.4 is 10.5 Å². The Morgan fingerprint density at radius 3 is 2.64 bits per heavy atom. The van der Waals surface area contributed by atoms with Gasteiger partial charge in [-0.05, 0) is 19.1 Å². The molecule has 0 unspecified atom stereocenters. The minimum atomic E-state index is -0.175. The van der Waals surface area contributed by atoms with Crippen molar-refractivity contribution in [2.24, 2.45) is 0 Å². The molecule has 0 aliphatic carbocycles. The van der Waals surface area contributed by atoms with Crippen LogP contribution in [-0.4, -0.2) is 12.9 Å². The zero-order chi connectivity index (χ0) is 10.7. The molecular formula is C10H10N2O2. The summed E-state index contributed by atoms with van der Waals surface area (Å²) in [6.45, 7) is 1.40. The number of ether oxygens (including phenoxy) is 1.